The number of ether oxygens (including phenoxy) is 1. The number of hydrogen-bond donors (Lipinski definition) is 1. The summed E-state index contributed by atoms with van der Waals surface area (Å²) in [6.07, 6.45) is 6.34. The lowest BCUT2D eigenvalue weighted by Gasteiger charge is -2.35. The number of allylic oxidation sites excluding steroid dienone is 1. The Morgan fingerprint density at radius 3 is 2.48 bits per heavy atom. The monoisotopic (exact) mass is 324 g/mol. The highest BCUT2D eigenvalue weighted by atomic mass is 19.3. The molecular formula is C18H26F2N2O. The van der Waals surface area contributed by atoms with Crippen LogP contribution in [0.15, 0.2) is 36.9 Å². The van der Waals surface area contributed by atoms with Crippen molar-refractivity contribution in [1.82, 2.24) is 10.2 Å². The molecule has 0 saturated carbocycles. The molecular weight excluding hydrogens is 298 g/mol. The van der Waals surface area contributed by atoms with Gasteiger partial charge in [-0.2, -0.15) is 8.78 Å². The van der Waals surface area contributed by atoms with Crippen LogP contribution in [0.25, 0.3) is 0 Å². The minimum absolute atomic E-state index is 0.217. The van der Waals surface area contributed by atoms with Crippen molar-refractivity contribution in [1.29, 1.82) is 0 Å². The number of rotatable bonds is 9. The van der Waals surface area contributed by atoms with Crippen LogP contribution in [0.2, 0.25) is 0 Å². The molecule has 1 aliphatic heterocycles. The number of benzene rings is 1. The quantitative estimate of drug-likeness (QED) is 0.549. The van der Waals surface area contributed by atoms with Gasteiger partial charge in [0.15, 0.2) is 0 Å². The molecule has 5 heteroatoms. The predicted molar refractivity (Wildman–Crippen MR) is 88.9 cm³/mol. The summed E-state index contributed by atoms with van der Waals surface area (Å²) in [6, 6.07) is 7.44. The van der Waals surface area contributed by atoms with Crippen molar-refractivity contribution in [3.8, 4) is 5.75 Å². The first-order valence-electron chi connectivity index (χ1n) is 8.31. The summed E-state index contributed by atoms with van der Waals surface area (Å²) in [5, 5.41) is 3.37. The molecule has 0 aromatic heterocycles. The van der Waals surface area contributed by atoms with E-state index in [9.17, 15) is 8.78 Å². The van der Waals surface area contributed by atoms with Gasteiger partial charge in [-0.05, 0) is 37.0 Å². The SMILES string of the molecule is C=CCCCC[C@H](c1ccc(OC(F)F)cc1)N1CCNCC1. The fourth-order valence-corrected chi connectivity index (χ4v) is 3.05. The first-order chi connectivity index (χ1) is 11.2. The average Bonchev–Trinajstić information content (AvgIpc) is 2.56. The molecule has 0 unspecified atom stereocenters. The third kappa shape index (κ3) is 5.92. The normalized spacial score (nSPS) is 17.2. The maximum Gasteiger partial charge on any atom is 0.387 e. The number of hydrogen-bond acceptors (Lipinski definition) is 3. The van der Waals surface area contributed by atoms with E-state index in [1.165, 1.54) is 5.56 Å². The van der Waals surface area contributed by atoms with Crippen molar-refractivity contribution in [2.24, 2.45) is 0 Å². The summed E-state index contributed by atoms with van der Waals surface area (Å²) >= 11 is 0. The number of nitrogens with zero attached hydrogens (tertiary/aromatic N) is 1. The van der Waals surface area contributed by atoms with Crippen LogP contribution in [0.3, 0.4) is 0 Å². The lowest BCUT2D eigenvalue weighted by Crippen LogP contribution is -2.45. The summed E-state index contributed by atoms with van der Waals surface area (Å²) in [6.45, 7) is 5.01. The first kappa shape index (κ1) is 17.9. The molecule has 1 saturated heterocycles. The molecule has 1 atom stereocenters. The maximum absolute atomic E-state index is 12.3. The van der Waals surface area contributed by atoms with Crippen LogP contribution in [0.4, 0.5) is 8.78 Å². The Morgan fingerprint density at radius 2 is 1.87 bits per heavy atom. The second-order valence-electron chi connectivity index (χ2n) is 5.82. The zero-order chi connectivity index (χ0) is 16.5. The van der Waals surface area contributed by atoms with E-state index in [1.54, 1.807) is 12.1 Å². The van der Waals surface area contributed by atoms with Crippen LogP contribution < -0.4 is 10.1 Å². The Balaban J connectivity index is 2.03. The molecule has 0 radical (unpaired) electrons. The van der Waals surface area contributed by atoms with E-state index in [-0.39, 0.29) is 5.75 Å². The highest BCUT2D eigenvalue weighted by Crippen LogP contribution is 2.29. The third-order valence-corrected chi connectivity index (χ3v) is 4.22. The van der Waals surface area contributed by atoms with Crippen molar-refractivity contribution in [2.75, 3.05) is 26.2 Å². The van der Waals surface area contributed by atoms with Gasteiger partial charge in [0.05, 0.1) is 0 Å². The van der Waals surface area contributed by atoms with Gasteiger partial charge in [-0.25, -0.2) is 0 Å². The summed E-state index contributed by atoms with van der Waals surface area (Å²) in [4.78, 5) is 2.48. The number of alkyl halides is 2. The zero-order valence-electron chi connectivity index (χ0n) is 13.5. The molecule has 0 aliphatic carbocycles. The average molecular weight is 324 g/mol. The lowest BCUT2D eigenvalue weighted by molar-refractivity contribution is -0.0498. The van der Waals surface area contributed by atoms with E-state index in [4.69, 9.17) is 0 Å². The number of piperazine rings is 1. The Hall–Kier alpha value is -1.46. The fourth-order valence-electron chi connectivity index (χ4n) is 3.05. The molecule has 2 rings (SSSR count). The summed E-state index contributed by atoms with van der Waals surface area (Å²) in [5.74, 6) is 0.217. The molecule has 0 spiro atoms. The van der Waals surface area contributed by atoms with Crippen LogP contribution in [0.5, 0.6) is 5.75 Å². The summed E-state index contributed by atoms with van der Waals surface area (Å²) in [5.41, 5.74) is 1.17. The molecule has 1 aromatic rings. The summed E-state index contributed by atoms with van der Waals surface area (Å²) in [7, 11) is 0. The summed E-state index contributed by atoms with van der Waals surface area (Å²) < 4.78 is 29.0. The van der Waals surface area contributed by atoms with E-state index >= 15 is 0 Å². The molecule has 0 amide bonds. The molecule has 1 aliphatic rings. The minimum Gasteiger partial charge on any atom is -0.435 e. The van der Waals surface area contributed by atoms with Crippen LogP contribution in [-0.2, 0) is 0 Å². The third-order valence-electron chi connectivity index (χ3n) is 4.22. The van der Waals surface area contributed by atoms with Gasteiger partial charge in [-0.15, -0.1) is 6.58 Å². The Kier molecular flexibility index (Phi) is 7.49. The zero-order valence-corrected chi connectivity index (χ0v) is 13.5. The molecule has 1 fully saturated rings. The molecule has 128 valence electrons. The van der Waals surface area contributed by atoms with Crippen molar-refractivity contribution >= 4 is 0 Å². The smallest absolute Gasteiger partial charge is 0.387 e. The van der Waals surface area contributed by atoms with E-state index < -0.39 is 6.61 Å². The van der Waals surface area contributed by atoms with Gasteiger partial charge >= 0.3 is 6.61 Å². The van der Waals surface area contributed by atoms with Crippen molar-refractivity contribution in [2.45, 2.75) is 38.3 Å². The number of halogens is 2. The van der Waals surface area contributed by atoms with Crippen LogP contribution in [0.1, 0.15) is 37.3 Å². The van der Waals surface area contributed by atoms with Crippen molar-refractivity contribution in [3.05, 3.63) is 42.5 Å². The number of unbranched alkanes of at least 4 members (excludes halogenated alkanes) is 2. The molecule has 3 nitrogen and oxygen atoms in total. The topological polar surface area (TPSA) is 24.5 Å². The second-order valence-corrected chi connectivity index (χ2v) is 5.82. The van der Waals surface area contributed by atoms with E-state index in [2.05, 4.69) is 21.5 Å². The van der Waals surface area contributed by atoms with Crippen LogP contribution in [-0.4, -0.2) is 37.7 Å². The lowest BCUT2D eigenvalue weighted by atomic mass is 9.98. The highest BCUT2D eigenvalue weighted by Gasteiger charge is 2.21. The maximum atomic E-state index is 12.3. The Morgan fingerprint density at radius 1 is 1.17 bits per heavy atom. The second kappa shape index (κ2) is 9.63. The minimum atomic E-state index is -2.77. The van der Waals surface area contributed by atoms with Crippen LogP contribution >= 0.6 is 0 Å². The van der Waals surface area contributed by atoms with E-state index in [0.29, 0.717) is 6.04 Å². The molecule has 1 aromatic carbocycles. The highest BCUT2D eigenvalue weighted by molar-refractivity contribution is 5.29. The van der Waals surface area contributed by atoms with Gasteiger partial charge < -0.3 is 10.1 Å². The first-order valence-corrected chi connectivity index (χ1v) is 8.31. The van der Waals surface area contributed by atoms with Crippen molar-refractivity contribution in [3.63, 3.8) is 0 Å². The Bertz CT molecular complexity index is 459. The molecule has 1 N–H and O–H groups in total. The van der Waals surface area contributed by atoms with Gasteiger partial charge in [0.25, 0.3) is 0 Å². The fraction of sp³-hybridized carbons (Fsp3) is 0.556. The predicted octanol–water partition coefficient (Wildman–Crippen LogP) is 3.98. The molecule has 0 bridgehead atoms. The standard InChI is InChI=1S/C18H26F2N2O/c1-2-3-4-5-6-17(22-13-11-21-12-14-22)15-7-9-16(10-8-15)23-18(19)20/h2,7-10,17-18,21H,1,3-6,11-14H2/t17-/m1/s1. The van der Waals surface area contributed by atoms with Gasteiger partial charge in [0.2, 0.25) is 0 Å². The molecule has 23 heavy (non-hydrogen) atoms. The van der Waals surface area contributed by atoms with Gasteiger partial charge in [-0.1, -0.05) is 24.6 Å². The van der Waals surface area contributed by atoms with Crippen molar-refractivity contribution < 1.29 is 13.5 Å². The Labute approximate surface area is 137 Å². The van der Waals surface area contributed by atoms with Gasteiger partial charge in [0.1, 0.15) is 5.75 Å². The van der Waals surface area contributed by atoms with E-state index in [1.807, 2.05) is 18.2 Å². The number of nitrogens with one attached hydrogen (secondary N) is 1. The molecule has 1 heterocycles. The largest absolute Gasteiger partial charge is 0.435 e. The van der Waals surface area contributed by atoms with E-state index in [0.717, 1.165) is 51.9 Å². The van der Waals surface area contributed by atoms with Gasteiger partial charge in [-0.3, -0.25) is 4.90 Å². The van der Waals surface area contributed by atoms with Gasteiger partial charge in [0, 0.05) is 32.2 Å². The van der Waals surface area contributed by atoms with Crippen LogP contribution in [0, 0.1) is 0 Å².